The van der Waals surface area contributed by atoms with Gasteiger partial charge >= 0.3 is 0 Å². The van der Waals surface area contributed by atoms with Crippen LogP contribution in [-0.4, -0.2) is 9.97 Å². The molecule has 5 rings (SSSR count). The van der Waals surface area contributed by atoms with Crippen LogP contribution in [0, 0.1) is 6.92 Å². The highest BCUT2D eigenvalue weighted by Crippen LogP contribution is 2.29. The molecular weight excluding hydrogens is 456 g/mol. The summed E-state index contributed by atoms with van der Waals surface area (Å²) in [5, 5.41) is 4.34. The third kappa shape index (κ3) is 5.54. The lowest BCUT2D eigenvalue weighted by Gasteiger charge is -2.20. The minimum atomic E-state index is 0.761. The van der Waals surface area contributed by atoms with Crippen molar-refractivity contribution in [2.75, 3.05) is 0 Å². The number of furan rings is 1. The first-order valence-electron chi connectivity index (χ1n) is 11.7. The van der Waals surface area contributed by atoms with E-state index in [2.05, 4.69) is 65.1 Å². The highest BCUT2D eigenvalue weighted by atomic mass is 32.1. The number of aryl methyl sites for hydroxylation is 3. The third-order valence-electron chi connectivity index (χ3n) is 6.23. The molecule has 5 heterocycles. The van der Waals surface area contributed by atoms with Crippen molar-refractivity contribution in [1.82, 2.24) is 9.97 Å². The minimum Gasteiger partial charge on any atom is -0.469 e. The number of nitrogens with zero attached hydrogens (tertiary/aromatic N) is 2. The second-order valence-corrected chi connectivity index (χ2v) is 10.6. The first-order valence-corrected chi connectivity index (χ1v) is 13.5. The molecule has 0 saturated carbocycles. The maximum atomic E-state index is 5.65. The smallest absolute Gasteiger partial charge is 0.104 e. The second-order valence-electron chi connectivity index (χ2n) is 8.49. The van der Waals surface area contributed by atoms with Crippen LogP contribution in [0.4, 0.5) is 0 Å². The molecule has 3 nitrogen and oxygen atoms in total. The summed E-state index contributed by atoms with van der Waals surface area (Å²) in [5.74, 6) is 1.03. The summed E-state index contributed by atoms with van der Waals surface area (Å²) < 4.78 is 5.65. The predicted octanol–water partition coefficient (Wildman–Crippen LogP) is 7.25. The Morgan fingerprint density at radius 2 is 1.56 bits per heavy atom. The van der Waals surface area contributed by atoms with Crippen molar-refractivity contribution in [2.45, 2.75) is 45.4 Å². The van der Waals surface area contributed by atoms with Gasteiger partial charge < -0.3 is 4.42 Å². The maximum absolute atomic E-state index is 5.65. The summed E-state index contributed by atoms with van der Waals surface area (Å²) >= 11 is 3.67. The zero-order valence-electron chi connectivity index (χ0n) is 19.4. The van der Waals surface area contributed by atoms with E-state index in [9.17, 15) is 0 Å². The van der Waals surface area contributed by atoms with E-state index in [0.29, 0.717) is 0 Å². The number of thiophene rings is 2. The van der Waals surface area contributed by atoms with Crippen molar-refractivity contribution in [3.63, 3.8) is 0 Å². The molecule has 0 aromatic carbocycles. The molecule has 5 aromatic heterocycles. The van der Waals surface area contributed by atoms with Gasteiger partial charge in [-0.2, -0.15) is 0 Å². The first-order chi connectivity index (χ1) is 16.8. The number of pyridine rings is 2. The van der Waals surface area contributed by atoms with Crippen LogP contribution in [0.1, 0.15) is 49.3 Å². The standard InChI is InChI=1S/C29H28N2OS2/c1-21-26(13-11-23-8-4-16-32-23)28(20-25-10-6-18-34-25)27(14-12-24-9-5-17-33-24)29(31-21)19-22-7-2-3-15-30-22/h2-10,15-18H,11-14,19-20H2,1H3. The molecule has 0 amide bonds. The summed E-state index contributed by atoms with van der Waals surface area (Å²) in [6.07, 6.45) is 9.19. The second kappa shape index (κ2) is 10.9. The van der Waals surface area contributed by atoms with E-state index >= 15 is 0 Å². The molecule has 0 saturated heterocycles. The van der Waals surface area contributed by atoms with E-state index in [-0.39, 0.29) is 0 Å². The minimum absolute atomic E-state index is 0.761. The first kappa shape index (κ1) is 22.8. The monoisotopic (exact) mass is 484 g/mol. The van der Waals surface area contributed by atoms with Crippen molar-refractivity contribution in [2.24, 2.45) is 0 Å². The lowest BCUT2D eigenvalue weighted by Crippen LogP contribution is -2.13. The topological polar surface area (TPSA) is 38.9 Å². The van der Waals surface area contributed by atoms with Gasteiger partial charge in [-0.15, -0.1) is 22.7 Å². The van der Waals surface area contributed by atoms with Crippen molar-refractivity contribution >= 4 is 22.7 Å². The van der Waals surface area contributed by atoms with E-state index < -0.39 is 0 Å². The van der Waals surface area contributed by atoms with Crippen LogP contribution in [0.15, 0.2) is 82.2 Å². The SMILES string of the molecule is Cc1nc(Cc2ccccn2)c(CCc2cccs2)c(Cc2cccs2)c1CCc1ccco1. The average molecular weight is 485 g/mol. The lowest BCUT2D eigenvalue weighted by molar-refractivity contribution is 0.508. The van der Waals surface area contributed by atoms with Gasteiger partial charge in [0.2, 0.25) is 0 Å². The molecule has 5 aromatic rings. The zero-order chi connectivity index (χ0) is 23.2. The van der Waals surface area contributed by atoms with Gasteiger partial charge in [0.25, 0.3) is 0 Å². The van der Waals surface area contributed by atoms with Crippen LogP contribution in [0.5, 0.6) is 0 Å². The highest BCUT2D eigenvalue weighted by molar-refractivity contribution is 7.10. The number of aromatic nitrogens is 2. The number of hydrogen-bond donors (Lipinski definition) is 0. The predicted molar refractivity (Wildman–Crippen MR) is 141 cm³/mol. The number of rotatable bonds is 10. The Morgan fingerprint density at radius 3 is 2.26 bits per heavy atom. The van der Waals surface area contributed by atoms with Gasteiger partial charge in [0.1, 0.15) is 5.76 Å². The van der Waals surface area contributed by atoms with Gasteiger partial charge in [-0.1, -0.05) is 18.2 Å². The largest absolute Gasteiger partial charge is 0.469 e. The quantitative estimate of drug-likeness (QED) is 0.209. The Morgan fingerprint density at radius 1 is 0.735 bits per heavy atom. The summed E-state index contributed by atoms with van der Waals surface area (Å²) in [6, 6.07) is 18.9. The van der Waals surface area contributed by atoms with Gasteiger partial charge in [-0.25, -0.2) is 0 Å². The Balaban J connectivity index is 1.57. The molecule has 0 spiro atoms. The van der Waals surface area contributed by atoms with Crippen molar-refractivity contribution in [3.8, 4) is 0 Å². The fraction of sp³-hybridized carbons (Fsp3) is 0.241. The van der Waals surface area contributed by atoms with Crippen LogP contribution in [-0.2, 0) is 38.5 Å². The van der Waals surface area contributed by atoms with Crippen LogP contribution < -0.4 is 0 Å². The molecule has 0 N–H and O–H groups in total. The van der Waals surface area contributed by atoms with Crippen LogP contribution >= 0.6 is 22.7 Å². The summed E-state index contributed by atoms with van der Waals surface area (Å²) in [6.45, 7) is 2.17. The molecule has 0 unspecified atom stereocenters. The highest BCUT2D eigenvalue weighted by Gasteiger charge is 2.20. The Bertz CT molecular complexity index is 1290. The molecule has 0 radical (unpaired) electrons. The molecular formula is C29H28N2OS2. The van der Waals surface area contributed by atoms with E-state index in [1.165, 1.54) is 32.1 Å². The third-order valence-corrected chi connectivity index (χ3v) is 8.04. The van der Waals surface area contributed by atoms with E-state index in [0.717, 1.165) is 55.7 Å². The molecule has 0 atom stereocenters. The van der Waals surface area contributed by atoms with Crippen molar-refractivity contribution in [3.05, 3.63) is 127 Å². The summed E-state index contributed by atoms with van der Waals surface area (Å²) in [4.78, 5) is 12.6. The molecule has 0 aliphatic heterocycles. The fourth-order valence-electron chi connectivity index (χ4n) is 4.57. The normalized spacial score (nSPS) is 11.2. The fourth-order valence-corrected chi connectivity index (χ4v) is 5.99. The molecule has 0 aliphatic rings. The summed E-state index contributed by atoms with van der Waals surface area (Å²) in [5.41, 5.74) is 7.58. The van der Waals surface area contributed by atoms with Gasteiger partial charge in [0.15, 0.2) is 0 Å². The molecule has 34 heavy (non-hydrogen) atoms. The van der Waals surface area contributed by atoms with Gasteiger partial charge in [0.05, 0.1) is 12.0 Å². The zero-order valence-corrected chi connectivity index (χ0v) is 21.0. The molecule has 0 fully saturated rings. The molecule has 0 bridgehead atoms. The molecule has 0 aliphatic carbocycles. The average Bonchev–Trinajstić information content (AvgIpc) is 3.63. The van der Waals surface area contributed by atoms with E-state index in [4.69, 9.17) is 9.40 Å². The molecule has 5 heteroatoms. The summed E-state index contributed by atoms with van der Waals surface area (Å²) in [7, 11) is 0. The van der Waals surface area contributed by atoms with Gasteiger partial charge in [-0.3, -0.25) is 9.97 Å². The van der Waals surface area contributed by atoms with E-state index in [1.54, 1.807) is 6.26 Å². The van der Waals surface area contributed by atoms with Gasteiger partial charge in [0, 0.05) is 46.6 Å². The Labute approximate surface area is 209 Å². The van der Waals surface area contributed by atoms with Crippen LogP contribution in [0.25, 0.3) is 0 Å². The molecule has 172 valence electrons. The maximum Gasteiger partial charge on any atom is 0.104 e. The number of hydrogen-bond acceptors (Lipinski definition) is 5. The Kier molecular flexibility index (Phi) is 7.32. The van der Waals surface area contributed by atoms with Crippen LogP contribution in [0.3, 0.4) is 0 Å². The van der Waals surface area contributed by atoms with Gasteiger partial charge in [-0.05, 0) is 90.0 Å². The van der Waals surface area contributed by atoms with Crippen molar-refractivity contribution < 1.29 is 4.42 Å². The van der Waals surface area contributed by atoms with Crippen LogP contribution in [0.2, 0.25) is 0 Å². The lowest BCUT2D eigenvalue weighted by atomic mass is 9.89. The Hall–Kier alpha value is -3.02. The van der Waals surface area contributed by atoms with Crippen molar-refractivity contribution in [1.29, 1.82) is 0 Å². The van der Waals surface area contributed by atoms with E-state index in [1.807, 2.05) is 41.0 Å².